The predicted octanol–water partition coefficient (Wildman–Crippen LogP) is 2.52. The van der Waals surface area contributed by atoms with Crippen molar-refractivity contribution >= 4 is 5.97 Å². The number of ether oxygens (including phenoxy) is 1. The molecule has 18 heavy (non-hydrogen) atoms. The van der Waals surface area contributed by atoms with Gasteiger partial charge >= 0.3 is 5.97 Å². The Bertz CT molecular complexity index is 501. The van der Waals surface area contributed by atoms with Crippen molar-refractivity contribution in [2.24, 2.45) is 0 Å². The quantitative estimate of drug-likeness (QED) is 0.865. The van der Waals surface area contributed by atoms with E-state index in [4.69, 9.17) is 4.74 Å². The maximum absolute atomic E-state index is 11.5. The van der Waals surface area contributed by atoms with Crippen molar-refractivity contribution in [3.63, 3.8) is 0 Å². The van der Waals surface area contributed by atoms with Crippen molar-refractivity contribution in [1.82, 2.24) is 0 Å². The summed E-state index contributed by atoms with van der Waals surface area (Å²) in [7, 11) is 1.50. The van der Waals surface area contributed by atoms with Crippen molar-refractivity contribution in [2.75, 3.05) is 7.11 Å². The SMILES string of the molecule is COc1c(O)cc(C2(C(=O)O)CCC2)c(C)c1C. The number of phenolic OH excluding ortho intramolecular Hbond substituents is 1. The van der Waals surface area contributed by atoms with E-state index in [1.165, 1.54) is 7.11 Å². The Morgan fingerprint density at radius 2 is 1.94 bits per heavy atom. The molecule has 0 amide bonds. The molecule has 1 fully saturated rings. The molecule has 1 aromatic rings. The number of carboxylic acids is 1. The molecular formula is C14H18O4. The molecule has 4 heteroatoms. The number of aliphatic carboxylic acids is 1. The maximum Gasteiger partial charge on any atom is 0.314 e. The number of methoxy groups -OCH3 is 1. The lowest BCUT2D eigenvalue weighted by Gasteiger charge is -2.39. The zero-order valence-electron chi connectivity index (χ0n) is 10.9. The fourth-order valence-electron chi connectivity index (χ4n) is 2.76. The van der Waals surface area contributed by atoms with Gasteiger partial charge in [0, 0.05) is 0 Å². The van der Waals surface area contributed by atoms with E-state index >= 15 is 0 Å². The molecule has 1 saturated carbocycles. The van der Waals surface area contributed by atoms with E-state index in [0.29, 0.717) is 18.6 Å². The second-order valence-electron chi connectivity index (χ2n) is 4.97. The molecule has 0 heterocycles. The number of carbonyl (C=O) groups is 1. The Hall–Kier alpha value is -1.71. The minimum absolute atomic E-state index is 0.0168. The molecule has 0 bridgehead atoms. The molecule has 1 aliphatic carbocycles. The fraction of sp³-hybridized carbons (Fsp3) is 0.500. The van der Waals surface area contributed by atoms with Crippen LogP contribution in [0.2, 0.25) is 0 Å². The van der Waals surface area contributed by atoms with Crippen LogP contribution in [0.4, 0.5) is 0 Å². The molecule has 0 radical (unpaired) electrons. The summed E-state index contributed by atoms with van der Waals surface area (Å²) in [6, 6.07) is 1.55. The average molecular weight is 250 g/mol. The molecule has 0 aromatic heterocycles. The van der Waals surface area contributed by atoms with Gasteiger partial charge in [-0.15, -0.1) is 0 Å². The third-order valence-electron chi connectivity index (χ3n) is 4.16. The highest BCUT2D eigenvalue weighted by atomic mass is 16.5. The van der Waals surface area contributed by atoms with Gasteiger partial charge < -0.3 is 14.9 Å². The Labute approximate surface area is 106 Å². The first-order valence-electron chi connectivity index (χ1n) is 6.05. The molecule has 98 valence electrons. The van der Waals surface area contributed by atoms with Gasteiger partial charge in [-0.2, -0.15) is 0 Å². The van der Waals surface area contributed by atoms with Crippen LogP contribution in [-0.4, -0.2) is 23.3 Å². The van der Waals surface area contributed by atoms with Gasteiger partial charge in [0.05, 0.1) is 12.5 Å². The number of rotatable bonds is 3. The largest absolute Gasteiger partial charge is 0.504 e. The van der Waals surface area contributed by atoms with Crippen molar-refractivity contribution in [3.05, 3.63) is 22.8 Å². The van der Waals surface area contributed by atoms with E-state index in [0.717, 1.165) is 23.1 Å². The lowest BCUT2D eigenvalue weighted by atomic mass is 9.63. The van der Waals surface area contributed by atoms with Gasteiger partial charge in [0.1, 0.15) is 0 Å². The fourth-order valence-corrected chi connectivity index (χ4v) is 2.76. The van der Waals surface area contributed by atoms with Crippen LogP contribution >= 0.6 is 0 Å². The van der Waals surface area contributed by atoms with Gasteiger partial charge in [-0.25, -0.2) is 0 Å². The summed E-state index contributed by atoms with van der Waals surface area (Å²) in [5.74, 6) is -0.361. The molecular weight excluding hydrogens is 232 g/mol. The maximum atomic E-state index is 11.5. The first-order valence-corrected chi connectivity index (χ1v) is 6.05. The molecule has 4 nitrogen and oxygen atoms in total. The summed E-state index contributed by atoms with van der Waals surface area (Å²) in [5.41, 5.74) is 1.60. The summed E-state index contributed by atoms with van der Waals surface area (Å²) in [6.45, 7) is 3.72. The smallest absolute Gasteiger partial charge is 0.314 e. The Balaban J connectivity index is 2.62. The second-order valence-corrected chi connectivity index (χ2v) is 4.97. The van der Waals surface area contributed by atoms with Crippen LogP contribution in [0.25, 0.3) is 0 Å². The number of aromatic hydroxyl groups is 1. The molecule has 0 spiro atoms. The molecule has 0 atom stereocenters. The van der Waals surface area contributed by atoms with Crippen LogP contribution in [0, 0.1) is 13.8 Å². The summed E-state index contributed by atoms with van der Waals surface area (Å²) >= 11 is 0. The monoisotopic (exact) mass is 250 g/mol. The minimum atomic E-state index is -0.821. The topological polar surface area (TPSA) is 66.8 Å². The van der Waals surface area contributed by atoms with Crippen LogP contribution in [-0.2, 0) is 10.2 Å². The average Bonchev–Trinajstić information content (AvgIpc) is 2.23. The molecule has 0 aliphatic heterocycles. The molecule has 0 saturated heterocycles. The minimum Gasteiger partial charge on any atom is -0.504 e. The summed E-state index contributed by atoms with van der Waals surface area (Å²) in [6.07, 6.45) is 2.18. The lowest BCUT2D eigenvalue weighted by molar-refractivity contribution is -0.147. The Morgan fingerprint density at radius 1 is 1.33 bits per heavy atom. The van der Waals surface area contributed by atoms with Gasteiger partial charge in [-0.1, -0.05) is 6.42 Å². The number of carboxylic acid groups (broad SMARTS) is 1. The standard InChI is InChI=1S/C14H18O4/c1-8-9(2)12(18-3)11(15)7-10(8)14(13(16)17)5-4-6-14/h7,15H,4-6H2,1-3H3,(H,16,17). The highest BCUT2D eigenvalue weighted by molar-refractivity contribution is 5.84. The number of hydrogen-bond donors (Lipinski definition) is 2. The van der Waals surface area contributed by atoms with Crippen LogP contribution in [0.5, 0.6) is 11.5 Å². The van der Waals surface area contributed by atoms with Crippen molar-refractivity contribution in [2.45, 2.75) is 38.5 Å². The van der Waals surface area contributed by atoms with Crippen molar-refractivity contribution in [1.29, 1.82) is 0 Å². The first kappa shape index (κ1) is 12.7. The molecule has 0 unspecified atom stereocenters. The molecule has 1 aliphatic rings. The van der Waals surface area contributed by atoms with Gasteiger partial charge in [0.2, 0.25) is 0 Å². The van der Waals surface area contributed by atoms with Gasteiger partial charge in [0.15, 0.2) is 11.5 Å². The van der Waals surface area contributed by atoms with E-state index in [-0.39, 0.29) is 5.75 Å². The Kier molecular flexibility index (Phi) is 2.97. The van der Waals surface area contributed by atoms with E-state index in [1.54, 1.807) is 6.07 Å². The molecule has 1 aromatic carbocycles. The van der Waals surface area contributed by atoms with Crippen molar-refractivity contribution < 1.29 is 19.7 Å². The highest BCUT2D eigenvalue weighted by Gasteiger charge is 2.47. The summed E-state index contributed by atoms with van der Waals surface area (Å²) < 4.78 is 5.14. The first-order chi connectivity index (χ1) is 8.44. The summed E-state index contributed by atoms with van der Waals surface area (Å²) in [4.78, 5) is 11.5. The highest BCUT2D eigenvalue weighted by Crippen LogP contribution is 2.48. The second kappa shape index (κ2) is 4.19. The van der Waals surface area contributed by atoms with E-state index in [1.807, 2.05) is 13.8 Å². The van der Waals surface area contributed by atoms with Crippen LogP contribution in [0.15, 0.2) is 6.07 Å². The van der Waals surface area contributed by atoms with Gasteiger partial charge in [0.25, 0.3) is 0 Å². The third kappa shape index (κ3) is 1.55. The molecule has 2 N–H and O–H groups in total. The van der Waals surface area contributed by atoms with Crippen LogP contribution in [0.1, 0.15) is 36.0 Å². The predicted molar refractivity (Wildman–Crippen MR) is 67.3 cm³/mol. The van der Waals surface area contributed by atoms with E-state index in [9.17, 15) is 15.0 Å². The van der Waals surface area contributed by atoms with Gasteiger partial charge in [-0.3, -0.25) is 4.79 Å². The zero-order chi connectivity index (χ0) is 13.5. The third-order valence-corrected chi connectivity index (χ3v) is 4.16. The van der Waals surface area contributed by atoms with Crippen molar-refractivity contribution in [3.8, 4) is 11.5 Å². The lowest BCUT2D eigenvalue weighted by Crippen LogP contribution is -2.43. The normalized spacial score (nSPS) is 17.1. The number of phenols is 1. The van der Waals surface area contributed by atoms with E-state index < -0.39 is 11.4 Å². The number of benzene rings is 1. The zero-order valence-corrected chi connectivity index (χ0v) is 10.9. The van der Waals surface area contributed by atoms with Crippen LogP contribution in [0.3, 0.4) is 0 Å². The Morgan fingerprint density at radius 3 is 2.33 bits per heavy atom. The summed E-state index contributed by atoms with van der Waals surface area (Å²) in [5, 5.41) is 19.4. The van der Waals surface area contributed by atoms with E-state index in [2.05, 4.69) is 0 Å². The molecule has 2 rings (SSSR count). The van der Waals surface area contributed by atoms with Gasteiger partial charge in [-0.05, 0) is 49.4 Å². The van der Waals surface area contributed by atoms with Crippen LogP contribution < -0.4 is 4.74 Å². The number of hydrogen-bond acceptors (Lipinski definition) is 3.